The molecule has 20 heavy (non-hydrogen) atoms. The first-order chi connectivity index (χ1) is 9.62. The Hall–Kier alpha value is -0.580. The molecule has 4 nitrogen and oxygen atoms in total. The first-order valence-electron chi connectivity index (χ1n) is 7.62. The van der Waals surface area contributed by atoms with Gasteiger partial charge in [-0.3, -0.25) is 4.68 Å². The molecule has 1 aromatic rings. The zero-order valence-corrected chi connectivity index (χ0v) is 13.6. The normalized spacial score (nSPS) is 18.4. The van der Waals surface area contributed by atoms with Gasteiger partial charge in [-0.05, 0) is 45.1 Å². The second kappa shape index (κ2) is 6.92. The van der Waals surface area contributed by atoms with Crippen LogP contribution in [-0.4, -0.2) is 36.1 Å². The molecule has 1 saturated heterocycles. The van der Waals surface area contributed by atoms with Crippen LogP contribution in [0.5, 0.6) is 0 Å². The third kappa shape index (κ3) is 3.35. The summed E-state index contributed by atoms with van der Waals surface area (Å²) in [7, 11) is 0. The largest absolute Gasteiger partial charge is 0.381 e. The molecule has 2 rings (SSSR count). The Morgan fingerprint density at radius 3 is 2.65 bits per heavy atom. The minimum atomic E-state index is 0.247. The zero-order valence-electron chi connectivity index (χ0n) is 12.8. The van der Waals surface area contributed by atoms with E-state index in [1.165, 1.54) is 5.69 Å². The van der Waals surface area contributed by atoms with E-state index in [2.05, 4.69) is 28.9 Å². The maximum Gasteiger partial charge on any atom is 0.0847 e. The molecule has 0 amide bonds. The minimum absolute atomic E-state index is 0.247. The van der Waals surface area contributed by atoms with E-state index < -0.39 is 0 Å². The summed E-state index contributed by atoms with van der Waals surface area (Å²) >= 11 is 6.47. The van der Waals surface area contributed by atoms with Crippen molar-refractivity contribution in [2.45, 2.75) is 46.6 Å². The van der Waals surface area contributed by atoms with Crippen LogP contribution in [0.2, 0.25) is 5.02 Å². The Kier molecular flexibility index (Phi) is 5.47. The van der Waals surface area contributed by atoms with Crippen LogP contribution in [0.15, 0.2) is 0 Å². The monoisotopic (exact) mass is 299 g/mol. The van der Waals surface area contributed by atoms with Gasteiger partial charge in [0.1, 0.15) is 0 Å². The van der Waals surface area contributed by atoms with E-state index in [-0.39, 0.29) is 5.41 Å². The average molecular weight is 300 g/mol. The molecule has 0 aromatic carbocycles. The summed E-state index contributed by atoms with van der Waals surface area (Å²) < 4.78 is 7.61. The van der Waals surface area contributed by atoms with Crippen molar-refractivity contribution in [1.29, 1.82) is 0 Å². The molecule has 114 valence electrons. The van der Waals surface area contributed by atoms with Gasteiger partial charge in [0, 0.05) is 26.3 Å². The highest BCUT2D eigenvalue weighted by Crippen LogP contribution is 2.36. The molecule has 0 bridgehead atoms. The molecular formula is C15H26ClN3O. The van der Waals surface area contributed by atoms with Crippen molar-refractivity contribution in [2.75, 3.05) is 26.3 Å². The van der Waals surface area contributed by atoms with Crippen LogP contribution in [0.4, 0.5) is 0 Å². The maximum absolute atomic E-state index is 6.47. The fraction of sp³-hybridized carbons (Fsp3) is 0.800. The van der Waals surface area contributed by atoms with Gasteiger partial charge in [0.25, 0.3) is 0 Å². The van der Waals surface area contributed by atoms with Crippen LogP contribution in [0.25, 0.3) is 0 Å². The van der Waals surface area contributed by atoms with E-state index in [9.17, 15) is 0 Å². The fourth-order valence-electron chi connectivity index (χ4n) is 3.00. The van der Waals surface area contributed by atoms with Crippen LogP contribution in [0.1, 0.15) is 38.1 Å². The molecular weight excluding hydrogens is 274 g/mol. The Bertz CT molecular complexity index is 439. The van der Waals surface area contributed by atoms with Crippen molar-refractivity contribution in [3.63, 3.8) is 0 Å². The molecule has 1 N–H and O–H groups in total. The quantitative estimate of drug-likeness (QED) is 0.878. The molecule has 1 fully saturated rings. The van der Waals surface area contributed by atoms with Gasteiger partial charge in [0.15, 0.2) is 0 Å². The van der Waals surface area contributed by atoms with E-state index in [4.69, 9.17) is 16.3 Å². The third-order valence-corrected chi connectivity index (χ3v) is 4.79. The molecule has 2 heterocycles. The molecule has 1 aliphatic heterocycles. The smallest absolute Gasteiger partial charge is 0.0847 e. The molecule has 0 atom stereocenters. The first kappa shape index (κ1) is 15.8. The van der Waals surface area contributed by atoms with Gasteiger partial charge in [0.2, 0.25) is 0 Å². The fourth-order valence-corrected chi connectivity index (χ4v) is 3.21. The predicted molar refractivity (Wildman–Crippen MR) is 82.4 cm³/mol. The number of aryl methyl sites for hydroxylation is 2. The summed E-state index contributed by atoms with van der Waals surface area (Å²) in [6.07, 6.45) is 3.16. The third-order valence-electron chi connectivity index (χ3n) is 4.30. The van der Waals surface area contributed by atoms with Crippen LogP contribution in [-0.2, 0) is 17.7 Å². The lowest BCUT2D eigenvalue weighted by Crippen LogP contribution is -2.41. The van der Waals surface area contributed by atoms with Crippen LogP contribution >= 0.6 is 11.6 Å². The van der Waals surface area contributed by atoms with Crippen LogP contribution < -0.4 is 5.32 Å². The minimum Gasteiger partial charge on any atom is -0.381 e. The lowest BCUT2D eigenvalue weighted by Gasteiger charge is -2.37. The number of nitrogens with one attached hydrogen (secondary N) is 1. The van der Waals surface area contributed by atoms with Gasteiger partial charge in [-0.2, -0.15) is 5.10 Å². The summed E-state index contributed by atoms with van der Waals surface area (Å²) in [6, 6.07) is 0. The number of rotatable bonds is 6. The van der Waals surface area contributed by atoms with Crippen LogP contribution in [0.3, 0.4) is 0 Å². The van der Waals surface area contributed by atoms with E-state index in [1.807, 2.05) is 6.92 Å². The van der Waals surface area contributed by atoms with Crippen molar-refractivity contribution in [2.24, 2.45) is 5.41 Å². The number of halogens is 1. The molecule has 1 aromatic heterocycles. The molecule has 0 spiro atoms. The van der Waals surface area contributed by atoms with Gasteiger partial charge in [-0.25, -0.2) is 0 Å². The van der Waals surface area contributed by atoms with Gasteiger partial charge >= 0.3 is 0 Å². The summed E-state index contributed by atoms with van der Waals surface area (Å²) in [4.78, 5) is 0. The SMILES string of the molecule is CCNCC1(Cc2c(Cl)c(C)nn2CC)CCOCC1. The standard InChI is InChI=1S/C15H26ClN3O/c1-4-17-11-15(6-8-20-9-7-15)10-13-14(16)12(3)18-19(13)5-2/h17H,4-11H2,1-3H3. The van der Waals surface area contributed by atoms with Gasteiger partial charge in [-0.15, -0.1) is 0 Å². The Morgan fingerprint density at radius 1 is 1.35 bits per heavy atom. The maximum atomic E-state index is 6.47. The zero-order chi connectivity index (χ0) is 14.6. The predicted octanol–water partition coefficient (Wildman–Crippen LogP) is 2.81. The lowest BCUT2D eigenvalue weighted by molar-refractivity contribution is 0.0142. The van der Waals surface area contributed by atoms with Crippen LogP contribution in [0, 0.1) is 12.3 Å². The molecule has 1 aliphatic rings. The van der Waals surface area contributed by atoms with E-state index in [0.29, 0.717) is 0 Å². The van der Waals surface area contributed by atoms with Crippen molar-refractivity contribution < 1.29 is 4.74 Å². The number of ether oxygens (including phenoxy) is 1. The molecule has 0 aliphatic carbocycles. The van der Waals surface area contributed by atoms with E-state index in [0.717, 1.165) is 62.8 Å². The topological polar surface area (TPSA) is 39.1 Å². The first-order valence-corrected chi connectivity index (χ1v) is 8.00. The molecule has 0 unspecified atom stereocenters. The van der Waals surface area contributed by atoms with Crippen molar-refractivity contribution in [3.05, 3.63) is 16.4 Å². The summed E-state index contributed by atoms with van der Waals surface area (Å²) in [5.74, 6) is 0. The Morgan fingerprint density at radius 2 is 2.05 bits per heavy atom. The number of nitrogens with zero attached hydrogens (tertiary/aromatic N) is 2. The summed E-state index contributed by atoms with van der Waals surface area (Å²) in [6.45, 7) is 10.9. The van der Waals surface area contributed by atoms with Gasteiger partial charge in [0.05, 0.1) is 16.4 Å². The molecule has 0 saturated carbocycles. The van der Waals surface area contributed by atoms with Gasteiger partial charge in [-0.1, -0.05) is 18.5 Å². The molecule has 5 heteroatoms. The Labute approximate surface area is 126 Å². The van der Waals surface area contributed by atoms with Crippen molar-refractivity contribution >= 4 is 11.6 Å². The van der Waals surface area contributed by atoms with Gasteiger partial charge < -0.3 is 10.1 Å². The number of aromatic nitrogens is 2. The summed E-state index contributed by atoms with van der Waals surface area (Å²) in [5, 5.41) is 8.89. The highest BCUT2D eigenvalue weighted by atomic mass is 35.5. The molecule has 0 radical (unpaired) electrons. The van der Waals surface area contributed by atoms with E-state index in [1.54, 1.807) is 0 Å². The lowest BCUT2D eigenvalue weighted by atomic mass is 9.76. The van der Waals surface area contributed by atoms with Crippen molar-refractivity contribution in [1.82, 2.24) is 15.1 Å². The Balaban J connectivity index is 2.22. The second-order valence-electron chi connectivity index (χ2n) is 5.73. The second-order valence-corrected chi connectivity index (χ2v) is 6.11. The van der Waals surface area contributed by atoms with Crippen molar-refractivity contribution in [3.8, 4) is 0 Å². The highest BCUT2D eigenvalue weighted by molar-refractivity contribution is 6.31. The highest BCUT2D eigenvalue weighted by Gasteiger charge is 2.34. The number of hydrogen-bond donors (Lipinski definition) is 1. The van der Waals surface area contributed by atoms with E-state index >= 15 is 0 Å². The summed E-state index contributed by atoms with van der Waals surface area (Å²) in [5.41, 5.74) is 2.37. The average Bonchev–Trinajstić information content (AvgIpc) is 2.74. The number of hydrogen-bond acceptors (Lipinski definition) is 3.